The number of carbonyl (C=O) groups excluding carboxylic acids is 1. The Bertz CT molecular complexity index is 682. The van der Waals surface area contributed by atoms with Crippen LogP contribution in [0.2, 0.25) is 0 Å². The van der Waals surface area contributed by atoms with Crippen LogP contribution in [0.3, 0.4) is 0 Å². The van der Waals surface area contributed by atoms with Crippen molar-refractivity contribution in [2.75, 3.05) is 6.54 Å². The minimum absolute atomic E-state index is 0.0596. The number of halogens is 3. The smallest absolute Gasteiger partial charge is 0.336 e. The molecule has 0 spiro atoms. The molecule has 1 aromatic rings. The largest absolute Gasteiger partial charge is 0.416 e. The van der Waals surface area contributed by atoms with Crippen LogP contribution in [0.5, 0.6) is 0 Å². The van der Waals surface area contributed by atoms with Gasteiger partial charge in [0.15, 0.2) is 0 Å². The standard InChI is InChI=1S/C20H22F3NO/c21-20(22,23)17-3-1-2-13(9-17)4-5-19(25)24-12-16-7-14-6-15(8-16)11-18(24)10-14/h1-5,9,14-16,18H,6-8,10-12H2/b5-4+. The number of alkyl halides is 3. The zero-order chi connectivity index (χ0) is 17.6. The number of hydrogen-bond donors (Lipinski definition) is 0. The molecule has 2 saturated heterocycles. The van der Waals surface area contributed by atoms with Crippen LogP contribution in [0.4, 0.5) is 13.2 Å². The van der Waals surface area contributed by atoms with Crippen LogP contribution in [0, 0.1) is 17.8 Å². The molecular formula is C20H22F3NO. The monoisotopic (exact) mass is 349 g/mol. The molecule has 5 rings (SSSR count). The number of rotatable bonds is 2. The summed E-state index contributed by atoms with van der Waals surface area (Å²) >= 11 is 0. The molecule has 2 aliphatic carbocycles. The number of nitrogens with zero attached hydrogens (tertiary/aromatic N) is 1. The molecule has 2 aliphatic heterocycles. The summed E-state index contributed by atoms with van der Waals surface area (Å²) in [6.07, 6.45) is 4.55. The SMILES string of the molecule is O=C(/C=C/c1cccc(C(F)(F)F)c1)N1CC2CC3CC(C2)CC1C3. The van der Waals surface area contributed by atoms with Crippen molar-refractivity contribution in [2.24, 2.45) is 17.8 Å². The highest BCUT2D eigenvalue weighted by molar-refractivity contribution is 5.92. The van der Waals surface area contributed by atoms with E-state index >= 15 is 0 Å². The molecular weight excluding hydrogens is 327 g/mol. The van der Waals surface area contributed by atoms with Gasteiger partial charge < -0.3 is 4.90 Å². The topological polar surface area (TPSA) is 20.3 Å². The van der Waals surface area contributed by atoms with Gasteiger partial charge in [-0.05, 0) is 73.6 Å². The molecule has 0 N–H and O–H groups in total. The Labute approximate surface area is 145 Å². The Morgan fingerprint density at radius 1 is 1.04 bits per heavy atom. The number of hydrogen-bond acceptors (Lipinski definition) is 1. The van der Waals surface area contributed by atoms with Crippen LogP contribution >= 0.6 is 0 Å². The summed E-state index contributed by atoms with van der Waals surface area (Å²) in [6.45, 7) is 0.809. The van der Waals surface area contributed by atoms with E-state index in [1.165, 1.54) is 37.5 Å². The van der Waals surface area contributed by atoms with Crippen LogP contribution in [0.15, 0.2) is 30.3 Å². The Kier molecular flexibility index (Phi) is 4.13. The van der Waals surface area contributed by atoms with E-state index < -0.39 is 11.7 Å². The lowest BCUT2D eigenvalue weighted by Crippen LogP contribution is -2.41. The van der Waals surface area contributed by atoms with Crippen molar-refractivity contribution in [3.8, 4) is 0 Å². The molecule has 1 aromatic carbocycles. The molecule has 4 fully saturated rings. The maximum Gasteiger partial charge on any atom is 0.416 e. The molecule has 2 heterocycles. The van der Waals surface area contributed by atoms with E-state index in [9.17, 15) is 18.0 Å². The maximum absolute atomic E-state index is 12.8. The quantitative estimate of drug-likeness (QED) is 0.705. The minimum atomic E-state index is -4.36. The van der Waals surface area contributed by atoms with Crippen LogP contribution in [0.25, 0.3) is 6.08 Å². The Morgan fingerprint density at radius 3 is 2.40 bits per heavy atom. The average molecular weight is 349 g/mol. The van der Waals surface area contributed by atoms with Crippen LogP contribution < -0.4 is 0 Å². The zero-order valence-corrected chi connectivity index (χ0v) is 14.0. The van der Waals surface area contributed by atoms with E-state index in [1.54, 1.807) is 6.07 Å². The number of fused-ring (bicyclic) bond motifs is 1. The van der Waals surface area contributed by atoms with Gasteiger partial charge in [-0.3, -0.25) is 4.79 Å². The van der Waals surface area contributed by atoms with Crippen molar-refractivity contribution in [3.05, 3.63) is 41.5 Å². The normalized spacial score (nSPS) is 31.6. The van der Waals surface area contributed by atoms with Crippen molar-refractivity contribution in [1.29, 1.82) is 0 Å². The van der Waals surface area contributed by atoms with E-state index in [-0.39, 0.29) is 5.91 Å². The van der Waals surface area contributed by atoms with Gasteiger partial charge in [0, 0.05) is 18.7 Å². The van der Waals surface area contributed by atoms with Gasteiger partial charge in [0.25, 0.3) is 0 Å². The highest BCUT2D eigenvalue weighted by Crippen LogP contribution is 2.47. The van der Waals surface area contributed by atoms with Gasteiger partial charge >= 0.3 is 6.18 Å². The molecule has 2 atom stereocenters. The second-order valence-corrected chi connectivity index (χ2v) is 7.88. The molecule has 4 aliphatic rings. The summed E-state index contributed by atoms with van der Waals surface area (Å²) in [4.78, 5) is 14.7. The fraction of sp³-hybridized carbons (Fsp3) is 0.550. The first-order valence-electron chi connectivity index (χ1n) is 9.04. The van der Waals surface area contributed by atoms with E-state index in [2.05, 4.69) is 0 Å². The first kappa shape index (κ1) is 16.7. The van der Waals surface area contributed by atoms with E-state index in [4.69, 9.17) is 0 Å². The van der Waals surface area contributed by atoms with Crippen molar-refractivity contribution >= 4 is 12.0 Å². The number of carbonyl (C=O) groups is 1. The Hall–Kier alpha value is -1.78. The molecule has 2 saturated carbocycles. The van der Waals surface area contributed by atoms with Crippen molar-refractivity contribution in [2.45, 2.75) is 44.3 Å². The van der Waals surface area contributed by atoms with Gasteiger partial charge in [-0.1, -0.05) is 12.1 Å². The summed E-state index contributed by atoms with van der Waals surface area (Å²) in [5, 5.41) is 0. The number of benzene rings is 1. The predicted molar refractivity (Wildman–Crippen MR) is 89.5 cm³/mol. The second-order valence-electron chi connectivity index (χ2n) is 7.88. The molecule has 1 amide bonds. The van der Waals surface area contributed by atoms with Gasteiger partial charge in [-0.25, -0.2) is 0 Å². The molecule has 0 radical (unpaired) electrons. The predicted octanol–water partition coefficient (Wildman–Crippen LogP) is 4.76. The molecule has 4 bridgehead atoms. The fourth-order valence-corrected chi connectivity index (χ4v) is 5.14. The second kappa shape index (κ2) is 6.19. The van der Waals surface area contributed by atoms with Crippen molar-refractivity contribution in [1.82, 2.24) is 4.90 Å². The highest BCUT2D eigenvalue weighted by atomic mass is 19.4. The molecule has 5 heteroatoms. The van der Waals surface area contributed by atoms with Gasteiger partial charge in [0.2, 0.25) is 5.91 Å². The van der Waals surface area contributed by atoms with Gasteiger partial charge in [0.05, 0.1) is 5.56 Å². The molecule has 25 heavy (non-hydrogen) atoms. The summed E-state index contributed by atoms with van der Waals surface area (Å²) in [7, 11) is 0. The van der Waals surface area contributed by atoms with Gasteiger partial charge in [0.1, 0.15) is 0 Å². The number of amides is 1. The molecule has 134 valence electrons. The molecule has 2 nitrogen and oxygen atoms in total. The average Bonchev–Trinajstić information content (AvgIpc) is 2.76. The van der Waals surface area contributed by atoms with E-state index in [1.807, 2.05) is 4.90 Å². The molecule has 2 unspecified atom stereocenters. The Morgan fingerprint density at radius 2 is 1.72 bits per heavy atom. The van der Waals surface area contributed by atoms with Crippen LogP contribution in [-0.2, 0) is 11.0 Å². The van der Waals surface area contributed by atoms with E-state index in [0.717, 1.165) is 43.4 Å². The van der Waals surface area contributed by atoms with Gasteiger partial charge in [-0.2, -0.15) is 13.2 Å². The third kappa shape index (κ3) is 3.46. The first-order chi connectivity index (χ1) is 11.9. The summed E-state index contributed by atoms with van der Waals surface area (Å²) in [5.41, 5.74) is -0.281. The lowest BCUT2D eigenvalue weighted by molar-refractivity contribution is -0.137. The maximum atomic E-state index is 12.8. The van der Waals surface area contributed by atoms with Crippen LogP contribution in [-0.4, -0.2) is 23.4 Å². The van der Waals surface area contributed by atoms with Crippen molar-refractivity contribution in [3.63, 3.8) is 0 Å². The Balaban J connectivity index is 1.49. The van der Waals surface area contributed by atoms with Crippen molar-refractivity contribution < 1.29 is 18.0 Å². The third-order valence-electron chi connectivity index (χ3n) is 6.02. The lowest BCUT2D eigenvalue weighted by atomic mass is 9.68. The molecule has 0 aromatic heterocycles. The summed E-state index contributed by atoms with van der Waals surface area (Å²) in [6, 6.07) is 5.41. The summed E-state index contributed by atoms with van der Waals surface area (Å²) in [5.74, 6) is 2.05. The third-order valence-corrected chi connectivity index (χ3v) is 6.02. The lowest BCUT2D eigenvalue weighted by Gasteiger charge is -2.38. The van der Waals surface area contributed by atoms with Crippen LogP contribution in [0.1, 0.15) is 43.2 Å². The minimum Gasteiger partial charge on any atom is -0.336 e. The fourth-order valence-electron chi connectivity index (χ4n) is 5.14. The zero-order valence-electron chi connectivity index (χ0n) is 14.0. The van der Waals surface area contributed by atoms with E-state index in [0.29, 0.717) is 17.5 Å². The summed E-state index contributed by atoms with van der Waals surface area (Å²) < 4.78 is 38.4. The first-order valence-corrected chi connectivity index (χ1v) is 9.04. The van der Waals surface area contributed by atoms with Gasteiger partial charge in [-0.15, -0.1) is 0 Å². The highest BCUT2D eigenvalue weighted by Gasteiger charge is 2.43.